The van der Waals surface area contributed by atoms with Gasteiger partial charge in [-0.25, -0.2) is 0 Å². The van der Waals surface area contributed by atoms with Crippen LogP contribution in [0, 0.1) is 5.92 Å². The van der Waals surface area contributed by atoms with Gasteiger partial charge in [0, 0.05) is 19.1 Å². The number of nitrogens with zero attached hydrogens (tertiary/aromatic N) is 1. The van der Waals surface area contributed by atoms with E-state index in [9.17, 15) is 4.79 Å². The fourth-order valence-corrected chi connectivity index (χ4v) is 3.28. The minimum Gasteiger partial charge on any atom is -0.369 e. The molecule has 2 aromatic rings. The highest BCUT2D eigenvalue weighted by Crippen LogP contribution is 2.22. The maximum Gasteiger partial charge on any atom is 0.221 e. The Labute approximate surface area is 131 Å². The van der Waals surface area contributed by atoms with E-state index in [4.69, 9.17) is 11.5 Å². The molecule has 3 rings (SSSR count). The van der Waals surface area contributed by atoms with E-state index in [2.05, 4.69) is 35.2 Å². The van der Waals surface area contributed by atoms with Crippen LogP contribution in [-0.2, 0) is 4.79 Å². The van der Waals surface area contributed by atoms with Crippen molar-refractivity contribution in [3.63, 3.8) is 0 Å². The van der Waals surface area contributed by atoms with Crippen LogP contribution < -0.4 is 11.5 Å². The fraction of sp³-hybridized carbons (Fsp3) is 0.389. The van der Waals surface area contributed by atoms with E-state index in [0.29, 0.717) is 0 Å². The van der Waals surface area contributed by atoms with Crippen molar-refractivity contribution in [1.29, 1.82) is 0 Å². The monoisotopic (exact) mass is 297 g/mol. The van der Waals surface area contributed by atoms with E-state index < -0.39 is 0 Å². The van der Waals surface area contributed by atoms with Crippen LogP contribution >= 0.6 is 0 Å². The lowest BCUT2D eigenvalue weighted by molar-refractivity contribution is -0.123. The molecule has 4 heteroatoms. The summed E-state index contributed by atoms with van der Waals surface area (Å²) in [6.07, 6.45) is 1.91. The molecule has 0 aliphatic carbocycles. The molecule has 0 saturated carbocycles. The van der Waals surface area contributed by atoms with Gasteiger partial charge in [0.05, 0.1) is 5.92 Å². The molecule has 4 nitrogen and oxygen atoms in total. The Hall–Kier alpha value is -1.91. The summed E-state index contributed by atoms with van der Waals surface area (Å²) in [6, 6.07) is 14.6. The number of hydrogen-bond donors (Lipinski definition) is 2. The highest BCUT2D eigenvalue weighted by Gasteiger charge is 2.25. The van der Waals surface area contributed by atoms with E-state index in [-0.39, 0.29) is 17.9 Å². The quantitative estimate of drug-likeness (QED) is 0.907. The van der Waals surface area contributed by atoms with Gasteiger partial charge < -0.3 is 16.4 Å². The van der Waals surface area contributed by atoms with Crippen LogP contribution in [0.3, 0.4) is 0 Å². The lowest BCUT2D eigenvalue weighted by atomic mass is 9.96. The molecular weight excluding hydrogens is 274 g/mol. The lowest BCUT2D eigenvalue weighted by Crippen LogP contribution is -2.43. The first-order valence-electron chi connectivity index (χ1n) is 7.89. The molecular formula is C18H23N3O. The van der Waals surface area contributed by atoms with E-state index >= 15 is 0 Å². The van der Waals surface area contributed by atoms with Gasteiger partial charge in [-0.2, -0.15) is 0 Å². The third-order valence-electron chi connectivity index (χ3n) is 4.56. The van der Waals surface area contributed by atoms with E-state index in [0.717, 1.165) is 38.0 Å². The molecule has 22 heavy (non-hydrogen) atoms. The first-order chi connectivity index (χ1) is 10.6. The van der Waals surface area contributed by atoms with Crippen molar-refractivity contribution >= 4 is 16.7 Å². The SMILES string of the molecule is NC(=O)C1CCCN(CC(N)c2ccc3ccccc3c2)C1. The number of nitrogens with two attached hydrogens (primary N) is 2. The molecule has 2 aromatic carbocycles. The summed E-state index contributed by atoms with van der Waals surface area (Å²) in [4.78, 5) is 13.6. The average Bonchev–Trinajstić information content (AvgIpc) is 2.54. The molecule has 1 heterocycles. The molecule has 0 radical (unpaired) electrons. The smallest absolute Gasteiger partial charge is 0.221 e. The first kappa shape index (κ1) is 15.0. The number of carbonyl (C=O) groups is 1. The summed E-state index contributed by atoms with van der Waals surface area (Å²) in [5.41, 5.74) is 13.0. The van der Waals surface area contributed by atoms with Crippen LogP contribution in [0.5, 0.6) is 0 Å². The summed E-state index contributed by atoms with van der Waals surface area (Å²) in [7, 11) is 0. The minimum atomic E-state index is -0.191. The van der Waals surface area contributed by atoms with Crippen LogP contribution in [0.1, 0.15) is 24.4 Å². The van der Waals surface area contributed by atoms with E-state index in [1.54, 1.807) is 0 Å². The zero-order chi connectivity index (χ0) is 15.5. The zero-order valence-corrected chi connectivity index (χ0v) is 12.7. The summed E-state index contributed by atoms with van der Waals surface area (Å²) >= 11 is 0. The zero-order valence-electron chi connectivity index (χ0n) is 12.7. The van der Waals surface area contributed by atoms with Gasteiger partial charge in [-0.15, -0.1) is 0 Å². The van der Waals surface area contributed by atoms with Gasteiger partial charge >= 0.3 is 0 Å². The van der Waals surface area contributed by atoms with Gasteiger partial charge in [0.2, 0.25) is 5.91 Å². The standard InChI is InChI=1S/C18H23N3O/c19-17(12-21-9-3-6-16(11-21)18(20)22)15-8-7-13-4-1-2-5-14(13)10-15/h1-2,4-5,7-8,10,16-17H,3,6,9,11-12,19H2,(H2,20,22). The molecule has 0 aromatic heterocycles. The predicted octanol–water partition coefficient (Wildman–Crippen LogP) is 2.04. The fourth-order valence-electron chi connectivity index (χ4n) is 3.28. The maximum absolute atomic E-state index is 11.4. The Morgan fingerprint density at radius 1 is 1.23 bits per heavy atom. The number of fused-ring (bicyclic) bond motifs is 1. The largest absolute Gasteiger partial charge is 0.369 e. The van der Waals surface area contributed by atoms with Crippen LogP contribution in [0.15, 0.2) is 42.5 Å². The van der Waals surface area contributed by atoms with Crippen molar-refractivity contribution in [3.05, 3.63) is 48.0 Å². The summed E-state index contributed by atoms with van der Waals surface area (Å²) in [5.74, 6) is -0.221. The van der Waals surface area contributed by atoms with Crippen LogP contribution in [0.4, 0.5) is 0 Å². The van der Waals surface area contributed by atoms with Crippen molar-refractivity contribution < 1.29 is 4.79 Å². The highest BCUT2D eigenvalue weighted by molar-refractivity contribution is 5.83. The predicted molar refractivity (Wildman–Crippen MR) is 89.2 cm³/mol. The number of amides is 1. The maximum atomic E-state index is 11.4. The Morgan fingerprint density at radius 2 is 2.00 bits per heavy atom. The normalized spacial score (nSPS) is 20.9. The van der Waals surface area contributed by atoms with Crippen molar-refractivity contribution in [1.82, 2.24) is 4.90 Å². The van der Waals surface area contributed by atoms with Gasteiger partial charge in [0.1, 0.15) is 0 Å². The van der Waals surface area contributed by atoms with Gasteiger partial charge in [-0.05, 0) is 41.8 Å². The third kappa shape index (κ3) is 3.29. The first-order valence-corrected chi connectivity index (χ1v) is 7.89. The molecule has 1 aliphatic heterocycles. The summed E-state index contributed by atoms with van der Waals surface area (Å²) in [5, 5.41) is 2.44. The molecule has 1 saturated heterocycles. The number of hydrogen-bond acceptors (Lipinski definition) is 3. The van der Waals surface area contributed by atoms with Crippen LogP contribution in [0.25, 0.3) is 10.8 Å². The summed E-state index contributed by atoms with van der Waals surface area (Å²) in [6.45, 7) is 2.49. The number of rotatable bonds is 4. The molecule has 1 amide bonds. The second kappa shape index (κ2) is 6.46. The number of piperidine rings is 1. The topological polar surface area (TPSA) is 72.4 Å². The Balaban J connectivity index is 1.70. The van der Waals surface area contributed by atoms with Gasteiger partial charge in [-0.3, -0.25) is 4.79 Å². The lowest BCUT2D eigenvalue weighted by Gasteiger charge is -2.33. The molecule has 2 atom stereocenters. The molecule has 2 unspecified atom stereocenters. The van der Waals surface area contributed by atoms with Crippen molar-refractivity contribution in [2.75, 3.05) is 19.6 Å². The molecule has 4 N–H and O–H groups in total. The van der Waals surface area contributed by atoms with E-state index in [1.807, 2.05) is 12.1 Å². The molecule has 0 bridgehead atoms. The van der Waals surface area contributed by atoms with Crippen LogP contribution in [-0.4, -0.2) is 30.4 Å². The Morgan fingerprint density at radius 3 is 2.77 bits per heavy atom. The molecule has 1 fully saturated rings. The van der Waals surface area contributed by atoms with Gasteiger partial charge in [-0.1, -0.05) is 36.4 Å². The number of likely N-dealkylation sites (tertiary alicyclic amines) is 1. The number of benzene rings is 2. The van der Waals surface area contributed by atoms with Crippen molar-refractivity contribution in [3.8, 4) is 0 Å². The molecule has 116 valence electrons. The highest BCUT2D eigenvalue weighted by atomic mass is 16.1. The van der Waals surface area contributed by atoms with Gasteiger partial charge in [0.15, 0.2) is 0 Å². The summed E-state index contributed by atoms with van der Waals surface area (Å²) < 4.78 is 0. The second-order valence-corrected chi connectivity index (χ2v) is 6.21. The second-order valence-electron chi connectivity index (χ2n) is 6.21. The Kier molecular flexibility index (Phi) is 4.41. The van der Waals surface area contributed by atoms with Crippen LogP contribution in [0.2, 0.25) is 0 Å². The molecule has 0 spiro atoms. The number of carbonyl (C=O) groups excluding carboxylic acids is 1. The van der Waals surface area contributed by atoms with Crippen molar-refractivity contribution in [2.24, 2.45) is 17.4 Å². The molecule has 1 aliphatic rings. The van der Waals surface area contributed by atoms with E-state index in [1.165, 1.54) is 10.8 Å². The Bertz CT molecular complexity index is 670. The van der Waals surface area contributed by atoms with Gasteiger partial charge in [0.25, 0.3) is 0 Å². The van der Waals surface area contributed by atoms with Crippen molar-refractivity contribution in [2.45, 2.75) is 18.9 Å². The minimum absolute atomic E-state index is 0.0300. The number of primary amides is 1. The average molecular weight is 297 g/mol. The third-order valence-corrected chi connectivity index (χ3v) is 4.56.